The summed E-state index contributed by atoms with van der Waals surface area (Å²) in [5.74, 6) is 1.68. The summed E-state index contributed by atoms with van der Waals surface area (Å²) >= 11 is 0. The molecule has 0 unspecified atom stereocenters. The van der Waals surface area contributed by atoms with E-state index in [-0.39, 0.29) is 0 Å². The van der Waals surface area contributed by atoms with Gasteiger partial charge in [-0.1, -0.05) is 5.16 Å². The van der Waals surface area contributed by atoms with E-state index in [0.29, 0.717) is 30.4 Å². The van der Waals surface area contributed by atoms with Gasteiger partial charge in [0.15, 0.2) is 5.82 Å². The SMILES string of the molecule is Nc1cncc(NCCc2ncon2)n1. The van der Waals surface area contributed by atoms with Gasteiger partial charge in [-0.3, -0.25) is 4.98 Å². The monoisotopic (exact) mass is 206 g/mol. The first-order valence-electron chi connectivity index (χ1n) is 4.41. The highest BCUT2D eigenvalue weighted by molar-refractivity contribution is 5.38. The van der Waals surface area contributed by atoms with E-state index in [1.807, 2.05) is 0 Å². The maximum absolute atomic E-state index is 5.47. The molecule has 0 fully saturated rings. The van der Waals surface area contributed by atoms with Crippen LogP contribution >= 0.6 is 0 Å². The van der Waals surface area contributed by atoms with Crippen LogP contribution in [0.3, 0.4) is 0 Å². The molecule has 0 saturated heterocycles. The van der Waals surface area contributed by atoms with Crippen molar-refractivity contribution in [2.45, 2.75) is 6.42 Å². The number of hydrogen-bond acceptors (Lipinski definition) is 7. The first-order chi connectivity index (χ1) is 7.34. The van der Waals surface area contributed by atoms with Crippen LogP contribution in [-0.4, -0.2) is 26.7 Å². The molecule has 2 aromatic heterocycles. The van der Waals surface area contributed by atoms with Gasteiger partial charge in [0.2, 0.25) is 6.39 Å². The van der Waals surface area contributed by atoms with Crippen LogP contribution in [0, 0.1) is 0 Å². The number of nitrogen functional groups attached to an aromatic ring is 1. The fourth-order valence-electron chi connectivity index (χ4n) is 1.07. The van der Waals surface area contributed by atoms with E-state index in [2.05, 4.69) is 29.9 Å². The summed E-state index contributed by atoms with van der Waals surface area (Å²) in [4.78, 5) is 11.8. The Balaban J connectivity index is 1.83. The fraction of sp³-hybridized carbons (Fsp3) is 0.250. The first kappa shape index (κ1) is 9.38. The van der Waals surface area contributed by atoms with Crippen LogP contribution in [0.15, 0.2) is 23.3 Å². The Morgan fingerprint density at radius 1 is 1.40 bits per heavy atom. The Morgan fingerprint density at radius 3 is 3.07 bits per heavy atom. The molecule has 3 N–H and O–H groups in total. The van der Waals surface area contributed by atoms with E-state index >= 15 is 0 Å². The van der Waals surface area contributed by atoms with Crippen molar-refractivity contribution in [3.63, 3.8) is 0 Å². The van der Waals surface area contributed by atoms with Gasteiger partial charge < -0.3 is 15.6 Å². The zero-order valence-corrected chi connectivity index (χ0v) is 7.92. The molecule has 0 atom stereocenters. The van der Waals surface area contributed by atoms with Gasteiger partial charge in [0.1, 0.15) is 11.6 Å². The second kappa shape index (κ2) is 4.36. The van der Waals surface area contributed by atoms with Gasteiger partial charge in [0.05, 0.1) is 12.4 Å². The standard InChI is InChI=1S/C8H10N6O/c9-6-3-10-4-8(13-6)11-2-1-7-12-5-15-14-7/h3-5H,1-2H2,(H3,9,11,13). The zero-order chi connectivity index (χ0) is 10.5. The quantitative estimate of drug-likeness (QED) is 0.730. The van der Waals surface area contributed by atoms with Crippen molar-refractivity contribution in [1.82, 2.24) is 20.1 Å². The minimum Gasteiger partial charge on any atom is -0.382 e. The van der Waals surface area contributed by atoms with E-state index in [1.54, 1.807) is 6.20 Å². The topological polar surface area (TPSA) is 103 Å². The van der Waals surface area contributed by atoms with Crippen molar-refractivity contribution >= 4 is 11.6 Å². The average molecular weight is 206 g/mol. The highest BCUT2D eigenvalue weighted by atomic mass is 16.5. The molecule has 0 aliphatic rings. The number of nitrogens with two attached hydrogens (primary N) is 1. The second-order valence-electron chi connectivity index (χ2n) is 2.85. The fourth-order valence-corrected chi connectivity index (χ4v) is 1.07. The molecule has 0 amide bonds. The van der Waals surface area contributed by atoms with Gasteiger partial charge in [-0.2, -0.15) is 4.98 Å². The molecule has 7 heteroatoms. The number of aromatic nitrogens is 4. The molecule has 7 nitrogen and oxygen atoms in total. The van der Waals surface area contributed by atoms with Crippen molar-refractivity contribution in [2.24, 2.45) is 0 Å². The van der Waals surface area contributed by atoms with Gasteiger partial charge in [-0.15, -0.1) is 0 Å². The Hall–Kier alpha value is -2.18. The van der Waals surface area contributed by atoms with Crippen LogP contribution in [0.4, 0.5) is 11.6 Å². The molecule has 15 heavy (non-hydrogen) atoms. The molecule has 0 aliphatic carbocycles. The van der Waals surface area contributed by atoms with E-state index < -0.39 is 0 Å². The third-order valence-corrected chi connectivity index (χ3v) is 1.71. The molecule has 0 saturated carbocycles. The predicted molar refractivity (Wildman–Crippen MR) is 52.9 cm³/mol. The van der Waals surface area contributed by atoms with E-state index in [0.717, 1.165) is 0 Å². The van der Waals surface area contributed by atoms with Crippen LogP contribution < -0.4 is 11.1 Å². The van der Waals surface area contributed by atoms with Crippen molar-refractivity contribution in [1.29, 1.82) is 0 Å². The van der Waals surface area contributed by atoms with Crippen molar-refractivity contribution in [3.05, 3.63) is 24.6 Å². The predicted octanol–water partition coefficient (Wildman–Crippen LogP) is 0.0964. The molecule has 0 spiro atoms. The molecule has 2 aromatic rings. The number of nitrogens with one attached hydrogen (secondary N) is 1. The summed E-state index contributed by atoms with van der Waals surface area (Å²) in [6, 6.07) is 0. The summed E-state index contributed by atoms with van der Waals surface area (Å²) in [6.07, 6.45) is 5.06. The minimum absolute atomic E-state index is 0.388. The van der Waals surface area contributed by atoms with E-state index in [9.17, 15) is 0 Å². The molecule has 2 rings (SSSR count). The lowest BCUT2D eigenvalue weighted by molar-refractivity contribution is 0.410. The third kappa shape index (κ3) is 2.63. The summed E-state index contributed by atoms with van der Waals surface area (Å²) in [6.45, 7) is 0.650. The van der Waals surface area contributed by atoms with Crippen LogP contribution in [0.1, 0.15) is 5.82 Å². The molecule has 78 valence electrons. The van der Waals surface area contributed by atoms with Crippen LogP contribution in [-0.2, 0) is 6.42 Å². The number of rotatable bonds is 4. The third-order valence-electron chi connectivity index (χ3n) is 1.71. The lowest BCUT2D eigenvalue weighted by Gasteiger charge is -2.02. The van der Waals surface area contributed by atoms with Crippen LogP contribution in [0.25, 0.3) is 0 Å². The van der Waals surface area contributed by atoms with Crippen molar-refractivity contribution in [3.8, 4) is 0 Å². The lowest BCUT2D eigenvalue weighted by atomic mass is 10.4. The molecule has 0 bridgehead atoms. The zero-order valence-electron chi connectivity index (χ0n) is 7.92. The molecule has 0 aromatic carbocycles. The second-order valence-corrected chi connectivity index (χ2v) is 2.85. The number of hydrogen-bond donors (Lipinski definition) is 2. The summed E-state index contributed by atoms with van der Waals surface area (Å²) in [5, 5.41) is 6.73. The lowest BCUT2D eigenvalue weighted by Crippen LogP contribution is -2.08. The van der Waals surface area contributed by atoms with Gasteiger partial charge >= 0.3 is 0 Å². The largest absolute Gasteiger partial charge is 0.382 e. The average Bonchev–Trinajstić information content (AvgIpc) is 2.71. The van der Waals surface area contributed by atoms with E-state index in [4.69, 9.17) is 5.73 Å². The van der Waals surface area contributed by atoms with Crippen molar-refractivity contribution < 1.29 is 4.52 Å². The van der Waals surface area contributed by atoms with Gasteiger partial charge in [0, 0.05) is 13.0 Å². The van der Waals surface area contributed by atoms with E-state index in [1.165, 1.54) is 12.6 Å². The van der Waals surface area contributed by atoms with Gasteiger partial charge in [0.25, 0.3) is 0 Å². The van der Waals surface area contributed by atoms with Crippen LogP contribution in [0.5, 0.6) is 0 Å². The highest BCUT2D eigenvalue weighted by Gasteiger charge is 1.99. The Morgan fingerprint density at radius 2 is 2.33 bits per heavy atom. The van der Waals surface area contributed by atoms with Crippen molar-refractivity contribution in [2.75, 3.05) is 17.6 Å². The van der Waals surface area contributed by atoms with Gasteiger partial charge in [-0.05, 0) is 0 Å². The number of nitrogens with zero attached hydrogens (tertiary/aromatic N) is 4. The molecule has 2 heterocycles. The Kier molecular flexibility index (Phi) is 2.72. The Labute approximate surface area is 85.7 Å². The minimum atomic E-state index is 0.388. The Bertz CT molecular complexity index is 415. The normalized spacial score (nSPS) is 10.1. The smallest absolute Gasteiger partial charge is 0.213 e. The summed E-state index contributed by atoms with van der Waals surface area (Å²) < 4.78 is 4.60. The molecule has 0 aliphatic heterocycles. The van der Waals surface area contributed by atoms with Crippen LogP contribution in [0.2, 0.25) is 0 Å². The van der Waals surface area contributed by atoms with Gasteiger partial charge in [-0.25, -0.2) is 4.98 Å². The summed E-state index contributed by atoms with van der Waals surface area (Å²) in [7, 11) is 0. The maximum atomic E-state index is 5.47. The molecular formula is C8H10N6O. The highest BCUT2D eigenvalue weighted by Crippen LogP contribution is 2.02. The maximum Gasteiger partial charge on any atom is 0.213 e. The summed E-state index contributed by atoms with van der Waals surface area (Å²) in [5.41, 5.74) is 5.47. The molecular weight excluding hydrogens is 196 g/mol. The number of anilines is 2. The molecule has 0 radical (unpaired) electrons. The first-order valence-corrected chi connectivity index (χ1v) is 4.41.